The van der Waals surface area contributed by atoms with Crippen molar-refractivity contribution in [2.45, 2.75) is 68.5 Å². The normalized spacial score (nSPS) is 25.9. The van der Waals surface area contributed by atoms with E-state index in [1.807, 2.05) is 7.76 Å². The average molecular weight is 348 g/mol. The zero-order valence-electron chi connectivity index (χ0n) is 16.2. The molecule has 0 radical (unpaired) electrons. The van der Waals surface area contributed by atoms with E-state index in [2.05, 4.69) is 68.5 Å². The first-order valence-corrected chi connectivity index (χ1v) is 15.0. The Hall–Kier alpha value is -0.109. The number of rotatable bonds is 2. The molecule has 0 bridgehead atoms. The Balaban J connectivity index is 2.67. The van der Waals surface area contributed by atoms with Gasteiger partial charge in [0.25, 0.3) is 0 Å². The van der Waals surface area contributed by atoms with Crippen molar-refractivity contribution in [3.63, 3.8) is 0 Å². The average Bonchev–Trinajstić information content (AvgIpc) is 2.76. The summed E-state index contributed by atoms with van der Waals surface area (Å²) in [6.45, 7) is 24.3. The van der Waals surface area contributed by atoms with Crippen LogP contribution in [0.25, 0.3) is 0 Å². The standard InChI is InChI=1S/2C9H13.C2H6Si.Ti/c2*1-6-5-7(2)9(4)8(6)3;1-3-2;/h2*6H,1-4H3;1-2H3;. The van der Waals surface area contributed by atoms with E-state index in [4.69, 9.17) is 0 Å². The Morgan fingerprint density at radius 2 is 0.955 bits per heavy atom. The van der Waals surface area contributed by atoms with Crippen molar-refractivity contribution in [3.05, 3.63) is 41.2 Å². The maximum absolute atomic E-state index is 2.58. The van der Waals surface area contributed by atoms with E-state index >= 15 is 0 Å². The van der Waals surface area contributed by atoms with Crippen LogP contribution in [0.5, 0.6) is 0 Å². The summed E-state index contributed by atoms with van der Waals surface area (Å²) in [5.41, 5.74) is 9.74. The molecule has 0 nitrogen and oxygen atoms in total. The monoisotopic (exact) mass is 348 g/mol. The van der Waals surface area contributed by atoms with Crippen LogP contribution in [0, 0.1) is 11.8 Å². The van der Waals surface area contributed by atoms with Gasteiger partial charge in [-0.05, 0) is 0 Å². The van der Waals surface area contributed by atoms with Crippen LogP contribution >= 0.6 is 0 Å². The predicted molar refractivity (Wildman–Crippen MR) is 98.0 cm³/mol. The first kappa shape index (κ1) is 18.2. The molecular weight excluding hydrogens is 316 g/mol. The second-order valence-electron chi connectivity index (χ2n) is 7.51. The van der Waals surface area contributed by atoms with Crippen molar-refractivity contribution in [3.8, 4) is 0 Å². The van der Waals surface area contributed by atoms with Gasteiger partial charge in [0.15, 0.2) is 0 Å². The third kappa shape index (κ3) is 2.64. The van der Waals surface area contributed by atoms with Gasteiger partial charge in [0.2, 0.25) is 0 Å². The van der Waals surface area contributed by atoms with Gasteiger partial charge in [-0.2, -0.15) is 0 Å². The molecule has 0 saturated carbocycles. The minimum absolute atomic E-state index is 0.264. The Morgan fingerprint density at radius 3 is 1.14 bits per heavy atom. The molecule has 2 atom stereocenters. The molecule has 0 aromatic rings. The Kier molecular flexibility index (Phi) is 5.32. The molecule has 0 fully saturated rings. The van der Waals surface area contributed by atoms with Crippen LogP contribution in [0.3, 0.4) is 0 Å². The van der Waals surface area contributed by atoms with Crippen molar-refractivity contribution in [1.82, 2.24) is 0 Å². The van der Waals surface area contributed by atoms with Crippen molar-refractivity contribution in [1.29, 1.82) is 0 Å². The molecule has 0 N–H and O–H groups in total. The molecule has 120 valence electrons. The maximum atomic E-state index is 2.58. The van der Waals surface area contributed by atoms with E-state index < -0.39 is 16.6 Å². The topological polar surface area (TPSA) is 0 Å². The summed E-state index contributed by atoms with van der Waals surface area (Å²) in [4.78, 5) is 0. The quantitative estimate of drug-likeness (QED) is 0.508. The molecule has 0 saturated heterocycles. The molecule has 0 aromatic carbocycles. The van der Waals surface area contributed by atoms with Gasteiger partial charge < -0.3 is 0 Å². The second-order valence-corrected chi connectivity index (χ2v) is 19.1. The zero-order chi connectivity index (χ0) is 16.9. The van der Waals surface area contributed by atoms with Crippen molar-refractivity contribution >= 4 is 6.19 Å². The predicted octanol–water partition coefficient (Wildman–Crippen LogP) is 6.38. The Morgan fingerprint density at radius 1 is 0.636 bits per heavy atom. The fourth-order valence-corrected chi connectivity index (χ4v) is 17.9. The van der Waals surface area contributed by atoms with Crippen LogP contribution in [0.15, 0.2) is 41.2 Å². The van der Waals surface area contributed by atoms with E-state index in [1.165, 1.54) is 0 Å². The molecule has 0 spiro atoms. The van der Waals surface area contributed by atoms with Gasteiger partial charge in [-0.1, -0.05) is 0 Å². The van der Waals surface area contributed by atoms with Gasteiger partial charge >= 0.3 is 144 Å². The van der Waals surface area contributed by atoms with Gasteiger partial charge in [-0.15, -0.1) is 0 Å². The molecule has 0 amide bonds. The van der Waals surface area contributed by atoms with Crippen LogP contribution < -0.4 is 0 Å². The van der Waals surface area contributed by atoms with Gasteiger partial charge in [-0.3, -0.25) is 0 Å². The van der Waals surface area contributed by atoms with Crippen LogP contribution in [-0.4, -0.2) is 6.19 Å². The second kappa shape index (κ2) is 6.42. The molecule has 2 heteroatoms. The first-order valence-electron chi connectivity index (χ1n) is 8.56. The fraction of sp³-hybridized carbons (Fsp3) is 0.600. The zero-order valence-corrected chi connectivity index (χ0v) is 18.7. The van der Waals surface area contributed by atoms with Gasteiger partial charge in [-0.25, -0.2) is 0 Å². The molecule has 0 aliphatic heterocycles. The summed E-state index contributed by atoms with van der Waals surface area (Å²) in [7, 11) is 0. The summed E-state index contributed by atoms with van der Waals surface area (Å²) in [6.07, 6.45) is -0.264. The van der Waals surface area contributed by atoms with Gasteiger partial charge in [0, 0.05) is 0 Å². The van der Waals surface area contributed by atoms with Gasteiger partial charge in [0.1, 0.15) is 0 Å². The van der Waals surface area contributed by atoms with Crippen LogP contribution in [-0.2, 0) is 16.6 Å². The molecular formula is C20H32SiTi. The minimum atomic E-state index is -1.36. The van der Waals surface area contributed by atoms with E-state index in [9.17, 15) is 0 Å². The summed E-state index contributed by atoms with van der Waals surface area (Å²) >= 11 is -1.36. The SMILES string of the molecule is CC1=C(C)C(C)[C]([Ti]([C]2=C(C)C(C)=C(C)C2C)=[Si](C)C)=C1C. The van der Waals surface area contributed by atoms with Crippen LogP contribution in [0.1, 0.15) is 55.4 Å². The third-order valence-electron chi connectivity index (χ3n) is 6.32. The molecule has 2 aliphatic rings. The van der Waals surface area contributed by atoms with Gasteiger partial charge in [0.05, 0.1) is 0 Å². The van der Waals surface area contributed by atoms with Crippen molar-refractivity contribution in [2.24, 2.45) is 11.8 Å². The molecule has 0 heterocycles. The number of allylic oxidation sites excluding steroid dienone is 8. The van der Waals surface area contributed by atoms with Crippen molar-refractivity contribution < 1.29 is 16.6 Å². The summed E-state index contributed by atoms with van der Waals surface area (Å²) in [5.74, 6) is 1.40. The Bertz CT molecular complexity index is 637. The van der Waals surface area contributed by atoms with Crippen LogP contribution in [0.4, 0.5) is 0 Å². The van der Waals surface area contributed by atoms with E-state index in [0.29, 0.717) is 11.8 Å². The van der Waals surface area contributed by atoms with Crippen LogP contribution in [0.2, 0.25) is 13.1 Å². The van der Waals surface area contributed by atoms with E-state index in [1.54, 1.807) is 33.4 Å². The molecule has 22 heavy (non-hydrogen) atoms. The fourth-order valence-electron chi connectivity index (χ4n) is 4.22. The number of hydrogen-bond donors (Lipinski definition) is 0. The summed E-state index contributed by atoms with van der Waals surface area (Å²) < 4.78 is 3.80. The summed E-state index contributed by atoms with van der Waals surface area (Å²) in [6, 6.07) is 0. The van der Waals surface area contributed by atoms with E-state index in [-0.39, 0.29) is 6.19 Å². The molecule has 0 aromatic heterocycles. The third-order valence-corrected chi connectivity index (χ3v) is 18.4. The first-order chi connectivity index (χ1) is 10.1. The molecule has 2 unspecified atom stereocenters. The molecule has 2 rings (SSSR count). The Labute approximate surface area is 144 Å². The number of hydrogen-bond acceptors (Lipinski definition) is 0. The molecule has 2 aliphatic carbocycles. The summed E-state index contributed by atoms with van der Waals surface area (Å²) in [5, 5.41) is 0. The van der Waals surface area contributed by atoms with E-state index in [0.717, 1.165) is 0 Å². The van der Waals surface area contributed by atoms with Crippen molar-refractivity contribution in [2.75, 3.05) is 0 Å².